The number of ether oxygens (including phenoxy) is 3. The van der Waals surface area contributed by atoms with Crippen LogP contribution in [0.5, 0.6) is 0 Å². The number of halogens is 1. The lowest BCUT2D eigenvalue weighted by atomic mass is 9.68. The minimum absolute atomic E-state index is 0.236. The molecule has 1 aromatic carbocycles. The van der Waals surface area contributed by atoms with Gasteiger partial charge in [-0.25, -0.2) is 0 Å². The highest BCUT2D eigenvalue weighted by Crippen LogP contribution is 2.55. The van der Waals surface area contributed by atoms with Crippen LogP contribution in [0.3, 0.4) is 0 Å². The second-order valence-electron chi connectivity index (χ2n) is 6.50. The van der Waals surface area contributed by atoms with Gasteiger partial charge in [-0.15, -0.1) is 0 Å². The summed E-state index contributed by atoms with van der Waals surface area (Å²) in [6.07, 6.45) is 1.39. The van der Waals surface area contributed by atoms with Gasteiger partial charge in [-0.2, -0.15) is 0 Å². The van der Waals surface area contributed by atoms with Crippen molar-refractivity contribution >= 4 is 29.5 Å². The molecular weight excluding hydrogens is 402 g/mol. The van der Waals surface area contributed by atoms with E-state index in [-0.39, 0.29) is 5.76 Å². The molecule has 0 radical (unpaired) electrons. The van der Waals surface area contributed by atoms with Crippen LogP contribution in [0.25, 0.3) is 0 Å². The number of hydrogen-bond donors (Lipinski definition) is 1. The predicted octanol–water partition coefficient (Wildman–Crippen LogP) is 2.24. The Morgan fingerprint density at radius 3 is 2.10 bits per heavy atom. The molecule has 1 N–H and O–H groups in total. The molecule has 1 aromatic heterocycles. The van der Waals surface area contributed by atoms with Crippen LogP contribution in [0.2, 0.25) is 5.02 Å². The second-order valence-corrected chi connectivity index (χ2v) is 6.93. The van der Waals surface area contributed by atoms with E-state index in [0.717, 1.165) is 14.2 Å². The number of benzene rings is 1. The van der Waals surface area contributed by atoms with Crippen LogP contribution >= 0.6 is 11.6 Å². The standard InChI is InChI=1S/C20H20ClNO7/c1-26-17(23)15-14(13-5-4-10-29-13)20(18(24)27-2,19(25)28-3)16(22-15)11-6-8-12(21)9-7-11/h4-10,14-16,22H,1-3H3/t14-,15+,16+/m0/s1. The van der Waals surface area contributed by atoms with Crippen molar-refractivity contribution in [3.05, 3.63) is 59.0 Å². The number of carbonyl (C=O) groups is 3. The molecule has 0 bridgehead atoms. The van der Waals surface area contributed by atoms with Gasteiger partial charge >= 0.3 is 17.9 Å². The Labute approximate surface area is 172 Å². The zero-order chi connectivity index (χ0) is 21.2. The van der Waals surface area contributed by atoms with Crippen molar-refractivity contribution in [1.29, 1.82) is 0 Å². The first-order chi connectivity index (χ1) is 13.9. The Hall–Kier alpha value is -2.84. The Balaban J connectivity index is 2.31. The van der Waals surface area contributed by atoms with E-state index in [1.54, 1.807) is 36.4 Å². The molecule has 0 aliphatic carbocycles. The number of carbonyl (C=O) groups excluding carboxylic acids is 3. The molecule has 29 heavy (non-hydrogen) atoms. The third-order valence-corrected chi connectivity index (χ3v) is 5.43. The molecule has 8 nitrogen and oxygen atoms in total. The fourth-order valence-electron chi connectivity index (χ4n) is 3.96. The summed E-state index contributed by atoms with van der Waals surface area (Å²) in [6.45, 7) is 0. The molecule has 1 fully saturated rings. The number of furan rings is 1. The van der Waals surface area contributed by atoms with Gasteiger partial charge in [0.2, 0.25) is 0 Å². The van der Waals surface area contributed by atoms with E-state index < -0.39 is 41.3 Å². The molecule has 2 aromatic rings. The molecule has 0 unspecified atom stereocenters. The molecule has 3 atom stereocenters. The van der Waals surface area contributed by atoms with Gasteiger partial charge in [0, 0.05) is 5.02 Å². The second kappa shape index (κ2) is 8.26. The molecule has 1 aliphatic heterocycles. The normalized spacial score (nSPS) is 22.7. The van der Waals surface area contributed by atoms with E-state index >= 15 is 0 Å². The zero-order valence-electron chi connectivity index (χ0n) is 16.0. The van der Waals surface area contributed by atoms with Crippen LogP contribution in [0, 0.1) is 5.41 Å². The molecule has 1 saturated heterocycles. The largest absolute Gasteiger partial charge is 0.469 e. The Kier molecular flexibility index (Phi) is 5.95. The van der Waals surface area contributed by atoms with Gasteiger partial charge in [0.1, 0.15) is 11.8 Å². The molecule has 0 saturated carbocycles. The molecule has 2 heterocycles. The van der Waals surface area contributed by atoms with Crippen LogP contribution in [-0.4, -0.2) is 45.3 Å². The smallest absolute Gasteiger partial charge is 0.326 e. The summed E-state index contributed by atoms with van der Waals surface area (Å²) in [5, 5.41) is 3.53. The quantitative estimate of drug-likeness (QED) is 0.445. The van der Waals surface area contributed by atoms with E-state index in [1.165, 1.54) is 13.4 Å². The minimum Gasteiger partial charge on any atom is -0.469 e. The van der Waals surface area contributed by atoms with Crippen LogP contribution in [0.15, 0.2) is 47.1 Å². The first-order valence-corrected chi connectivity index (χ1v) is 9.09. The lowest BCUT2D eigenvalue weighted by Gasteiger charge is -2.33. The van der Waals surface area contributed by atoms with Crippen molar-refractivity contribution < 1.29 is 33.0 Å². The lowest BCUT2D eigenvalue weighted by Crippen LogP contribution is -2.49. The van der Waals surface area contributed by atoms with Crippen molar-refractivity contribution in [3.63, 3.8) is 0 Å². The van der Waals surface area contributed by atoms with Gasteiger partial charge in [-0.3, -0.25) is 19.7 Å². The summed E-state index contributed by atoms with van der Waals surface area (Å²) in [4.78, 5) is 38.9. The summed E-state index contributed by atoms with van der Waals surface area (Å²) in [5.74, 6) is -3.25. The van der Waals surface area contributed by atoms with Gasteiger partial charge < -0.3 is 18.6 Å². The summed E-state index contributed by atoms with van der Waals surface area (Å²) in [7, 11) is 3.55. The number of esters is 3. The van der Waals surface area contributed by atoms with E-state index in [2.05, 4.69) is 5.32 Å². The average Bonchev–Trinajstić information content (AvgIpc) is 3.38. The Morgan fingerprint density at radius 1 is 1.00 bits per heavy atom. The van der Waals surface area contributed by atoms with E-state index in [9.17, 15) is 14.4 Å². The van der Waals surface area contributed by atoms with Crippen molar-refractivity contribution in [2.45, 2.75) is 18.0 Å². The maximum Gasteiger partial charge on any atom is 0.326 e. The summed E-state index contributed by atoms with van der Waals surface area (Å²) in [6, 6.07) is 7.66. The third kappa shape index (κ3) is 3.28. The van der Waals surface area contributed by atoms with Gasteiger partial charge in [0.05, 0.1) is 39.6 Å². The Bertz CT molecular complexity index is 878. The van der Waals surface area contributed by atoms with Gasteiger partial charge in [-0.1, -0.05) is 23.7 Å². The molecule has 154 valence electrons. The fourth-order valence-corrected chi connectivity index (χ4v) is 4.09. The summed E-state index contributed by atoms with van der Waals surface area (Å²) >= 11 is 5.99. The lowest BCUT2D eigenvalue weighted by molar-refractivity contribution is -0.172. The maximum atomic E-state index is 13.2. The van der Waals surface area contributed by atoms with Gasteiger partial charge in [0.15, 0.2) is 5.41 Å². The monoisotopic (exact) mass is 421 g/mol. The van der Waals surface area contributed by atoms with Crippen LogP contribution in [0.4, 0.5) is 0 Å². The highest BCUT2D eigenvalue weighted by Gasteiger charge is 2.69. The van der Waals surface area contributed by atoms with Crippen LogP contribution in [0.1, 0.15) is 23.3 Å². The Morgan fingerprint density at radius 2 is 1.62 bits per heavy atom. The van der Waals surface area contributed by atoms with Crippen LogP contribution in [-0.2, 0) is 28.6 Å². The van der Waals surface area contributed by atoms with Gasteiger partial charge in [-0.05, 0) is 29.8 Å². The first kappa shape index (κ1) is 20.9. The number of rotatable bonds is 5. The van der Waals surface area contributed by atoms with E-state index in [1.807, 2.05) is 0 Å². The maximum absolute atomic E-state index is 13.2. The predicted molar refractivity (Wildman–Crippen MR) is 101 cm³/mol. The highest BCUT2D eigenvalue weighted by molar-refractivity contribution is 6.30. The minimum atomic E-state index is -1.95. The number of hydrogen-bond acceptors (Lipinski definition) is 8. The van der Waals surface area contributed by atoms with Crippen molar-refractivity contribution in [3.8, 4) is 0 Å². The van der Waals surface area contributed by atoms with E-state index in [4.69, 9.17) is 30.2 Å². The molecule has 0 spiro atoms. The van der Waals surface area contributed by atoms with Crippen molar-refractivity contribution in [2.24, 2.45) is 5.41 Å². The fraction of sp³-hybridized carbons (Fsp3) is 0.350. The molecular formula is C20H20ClNO7. The van der Waals surface area contributed by atoms with E-state index in [0.29, 0.717) is 10.6 Å². The highest BCUT2D eigenvalue weighted by atomic mass is 35.5. The molecule has 9 heteroatoms. The van der Waals surface area contributed by atoms with Gasteiger partial charge in [0.25, 0.3) is 0 Å². The number of nitrogens with one attached hydrogen (secondary N) is 1. The number of methoxy groups -OCH3 is 3. The average molecular weight is 422 g/mol. The topological polar surface area (TPSA) is 104 Å². The molecule has 1 aliphatic rings. The molecule has 3 rings (SSSR count). The third-order valence-electron chi connectivity index (χ3n) is 5.18. The van der Waals surface area contributed by atoms with Crippen LogP contribution < -0.4 is 5.32 Å². The van der Waals surface area contributed by atoms with Crippen molar-refractivity contribution in [2.75, 3.05) is 21.3 Å². The summed E-state index contributed by atoms with van der Waals surface area (Å²) in [5.41, 5.74) is -1.42. The van der Waals surface area contributed by atoms with Crippen molar-refractivity contribution in [1.82, 2.24) is 5.32 Å². The summed E-state index contributed by atoms with van der Waals surface area (Å²) < 4.78 is 20.5. The first-order valence-electron chi connectivity index (χ1n) is 8.71. The zero-order valence-corrected chi connectivity index (χ0v) is 16.8. The SMILES string of the molecule is COC(=O)[C@@H]1N[C@H](c2ccc(Cl)cc2)C(C(=O)OC)(C(=O)OC)[C@H]1c1ccco1. The molecule has 0 amide bonds.